The Morgan fingerprint density at radius 3 is 2.50 bits per heavy atom. The van der Waals surface area contributed by atoms with E-state index in [0.29, 0.717) is 12.2 Å². The maximum absolute atomic E-state index is 11.9. The van der Waals surface area contributed by atoms with Crippen molar-refractivity contribution in [2.24, 2.45) is 0 Å². The summed E-state index contributed by atoms with van der Waals surface area (Å²) in [7, 11) is 0. The third kappa shape index (κ3) is 1.71. The van der Waals surface area contributed by atoms with Crippen LogP contribution in [0.25, 0.3) is 5.69 Å². The van der Waals surface area contributed by atoms with Crippen LogP contribution in [0.15, 0.2) is 39.9 Å². The largest absolute Gasteiger partial charge is 0.351 e. The molecule has 1 aromatic carbocycles. The highest BCUT2D eigenvalue weighted by Gasteiger charge is 2.09. The summed E-state index contributed by atoms with van der Waals surface area (Å²) in [5.74, 6) is 0. The maximum Gasteiger partial charge on any atom is 0.351 e. The van der Waals surface area contributed by atoms with E-state index in [1.54, 1.807) is 24.3 Å². The topological polar surface area (TPSA) is 59.8 Å². The summed E-state index contributed by atoms with van der Waals surface area (Å²) < 4.78 is 2.46. The van der Waals surface area contributed by atoms with Crippen LogP contribution >= 0.6 is 0 Å². The van der Waals surface area contributed by atoms with Crippen molar-refractivity contribution in [1.82, 2.24) is 14.3 Å². The van der Waals surface area contributed by atoms with E-state index in [1.165, 1.54) is 4.68 Å². The Morgan fingerprint density at radius 1 is 1.19 bits per heavy atom. The van der Waals surface area contributed by atoms with Gasteiger partial charge in [-0.2, -0.15) is 0 Å². The molecule has 0 fully saturated rings. The number of para-hydroxylation sites is 1. The number of hydrogen-bond acceptors (Lipinski definition) is 2. The highest BCUT2D eigenvalue weighted by atomic mass is 16.2. The molecule has 1 aromatic heterocycles. The summed E-state index contributed by atoms with van der Waals surface area (Å²) in [4.78, 5) is 23.5. The minimum atomic E-state index is -0.398. The second-order valence-corrected chi connectivity index (χ2v) is 3.52. The second-order valence-electron chi connectivity index (χ2n) is 3.52. The number of nitrogens with one attached hydrogen (secondary N) is 1. The van der Waals surface area contributed by atoms with Crippen molar-refractivity contribution in [1.29, 1.82) is 0 Å². The number of aryl methyl sites for hydroxylation is 1. The van der Waals surface area contributed by atoms with Crippen LogP contribution in [0.1, 0.15) is 13.3 Å². The Labute approximate surface area is 91.9 Å². The van der Waals surface area contributed by atoms with E-state index in [2.05, 4.69) is 5.10 Å². The first kappa shape index (κ1) is 10.5. The van der Waals surface area contributed by atoms with Crippen LogP contribution < -0.4 is 11.4 Å². The third-order valence-electron chi connectivity index (χ3n) is 2.32. The van der Waals surface area contributed by atoms with Crippen molar-refractivity contribution >= 4 is 0 Å². The standard InChI is InChI=1S/C11H13N3O2/c1-2-8-13-11(16)14(10(15)12-13)9-6-4-3-5-7-9/h3-7H,2,8H2,1H3,(H,12,15). The number of rotatable bonds is 3. The van der Waals surface area contributed by atoms with Gasteiger partial charge in [-0.05, 0) is 18.6 Å². The number of aromatic amines is 1. The van der Waals surface area contributed by atoms with Crippen LogP contribution in [-0.2, 0) is 6.54 Å². The molecule has 5 nitrogen and oxygen atoms in total. The average Bonchev–Trinajstić information content (AvgIpc) is 2.56. The first-order valence-corrected chi connectivity index (χ1v) is 5.21. The second kappa shape index (κ2) is 4.22. The molecule has 0 bridgehead atoms. The Bertz CT molecular complexity index is 577. The molecule has 0 spiro atoms. The molecule has 0 amide bonds. The van der Waals surface area contributed by atoms with Gasteiger partial charge in [0.1, 0.15) is 0 Å². The first-order valence-electron chi connectivity index (χ1n) is 5.21. The Hall–Kier alpha value is -2.04. The summed E-state index contributed by atoms with van der Waals surface area (Å²) in [6.45, 7) is 2.47. The molecule has 0 atom stereocenters. The highest BCUT2D eigenvalue weighted by Crippen LogP contribution is 1.99. The molecule has 0 unspecified atom stereocenters. The predicted octanol–water partition coefficient (Wildman–Crippen LogP) is 0.737. The summed E-state index contributed by atoms with van der Waals surface area (Å²) >= 11 is 0. The molecule has 1 heterocycles. The van der Waals surface area contributed by atoms with Crippen LogP contribution in [0.3, 0.4) is 0 Å². The quantitative estimate of drug-likeness (QED) is 0.827. The van der Waals surface area contributed by atoms with Crippen LogP contribution in [0.2, 0.25) is 0 Å². The molecule has 0 saturated heterocycles. The van der Waals surface area contributed by atoms with Gasteiger partial charge in [-0.15, -0.1) is 0 Å². The van der Waals surface area contributed by atoms with Gasteiger partial charge < -0.3 is 0 Å². The van der Waals surface area contributed by atoms with Gasteiger partial charge in [-0.1, -0.05) is 25.1 Å². The molecule has 2 aromatic rings. The van der Waals surface area contributed by atoms with E-state index in [0.717, 1.165) is 11.0 Å². The molecule has 2 rings (SSSR count). The van der Waals surface area contributed by atoms with Gasteiger partial charge in [-0.25, -0.2) is 23.9 Å². The molecular formula is C11H13N3O2. The van der Waals surface area contributed by atoms with E-state index >= 15 is 0 Å². The lowest BCUT2D eigenvalue weighted by Gasteiger charge is -1.98. The van der Waals surface area contributed by atoms with Crippen molar-refractivity contribution in [3.8, 4) is 5.69 Å². The summed E-state index contributed by atoms with van der Waals surface area (Å²) in [6, 6.07) is 8.88. The highest BCUT2D eigenvalue weighted by molar-refractivity contribution is 5.30. The van der Waals surface area contributed by atoms with Gasteiger partial charge in [0.25, 0.3) is 0 Å². The van der Waals surface area contributed by atoms with E-state index in [4.69, 9.17) is 0 Å². The molecular weight excluding hydrogens is 206 g/mol. The normalized spacial score (nSPS) is 10.6. The molecule has 0 saturated carbocycles. The van der Waals surface area contributed by atoms with E-state index < -0.39 is 5.69 Å². The minimum absolute atomic E-state index is 0.321. The molecule has 16 heavy (non-hydrogen) atoms. The van der Waals surface area contributed by atoms with Crippen molar-refractivity contribution in [3.63, 3.8) is 0 Å². The van der Waals surface area contributed by atoms with Crippen molar-refractivity contribution in [2.75, 3.05) is 0 Å². The van der Waals surface area contributed by atoms with Gasteiger partial charge in [0.15, 0.2) is 0 Å². The van der Waals surface area contributed by atoms with E-state index in [-0.39, 0.29) is 5.69 Å². The Balaban J connectivity index is 2.59. The average molecular weight is 219 g/mol. The molecule has 0 aliphatic rings. The lowest BCUT2D eigenvalue weighted by atomic mass is 10.3. The van der Waals surface area contributed by atoms with Crippen molar-refractivity contribution in [3.05, 3.63) is 51.3 Å². The van der Waals surface area contributed by atoms with Crippen LogP contribution in [0, 0.1) is 0 Å². The number of aromatic nitrogens is 3. The zero-order valence-corrected chi connectivity index (χ0v) is 9.01. The van der Waals surface area contributed by atoms with Gasteiger partial charge in [0.2, 0.25) is 0 Å². The zero-order valence-electron chi connectivity index (χ0n) is 9.01. The number of benzene rings is 1. The number of H-pyrrole nitrogens is 1. The minimum Gasteiger partial charge on any atom is -0.246 e. The summed E-state index contributed by atoms with van der Waals surface area (Å²) in [5.41, 5.74) is -0.133. The van der Waals surface area contributed by atoms with E-state index in [9.17, 15) is 9.59 Å². The zero-order chi connectivity index (χ0) is 11.5. The smallest absolute Gasteiger partial charge is 0.246 e. The molecule has 0 aliphatic carbocycles. The van der Waals surface area contributed by atoms with Crippen LogP contribution in [-0.4, -0.2) is 14.3 Å². The third-order valence-corrected chi connectivity index (χ3v) is 2.32. The first-order chi connectivity index (χ1) is 7.74. The fourth-order valence-corrected chi connectivity index (χ4v) is 1.60. The van der Waals surface area contributed by atoms with Gasteiger partial charge in [0, 0.05) is 6.54 Å². The van der Waals surface area contributed by atoms with Crippen LogP contribution in [0.5, 0.6) is 0 Å². The summed E-state index contributed by atoms with van der Waals surface area (Å²) in [5, 5.41) is 2.52. The SMILES string of the molecule is CCCn1[nH]c(=O)n(-c2ccccc2)c1=O. The van der Waals surface area contributed by atoms with Crippen molar-refractivity contribution in [2.45, 2.75) is 19.9 Å². The van der Waals surface area contributed by atoms with Crippen molar-refractivity contribution < 1.29 is 0 Å². The lowest BCUT2D eigenvalue weighted by molar-refractivity contribution is 0.576. The molecule has 1 N–H and O–H groups in total. The summed E-state index contributed by atoms with van der Waals surface area (Å²) in [6.07, 6.45) is 0.800. The molecule has 0 aliphatic heterocycles. The van der Waals surface area contributed by atoms with Gasteiger partial charge in [0.05, 0.1) is 5.69 Å². The fraction of sp³-hybridized carbons (Fsp3) is 0.273. The number of hydrogen-bond donors (Lipinski definition) is 1. The van der Waals surface area contributed by atoms with Gasteiger partial charge in [-0.3, -0.25) is 0 Å². The lowest BCUT2D eigenvalue weighted by Crippen LogP contribution is -2.27. The molecule has 5 heteroatoms. The fourth-order valence-electron chi connectivity index (χ4n) is 1.60. The maximum atomic E-state index is 11.9. The monoisotopic (exact) mass is 219 g/mol. The van der Waals surface area contributed by atoms with Gasteiger partial charge >= 0.3 is 11.4 Å². The predicted molar refractivity (Wildman–Crippen MR) is 60.9 cm³/mol. The van der Waals surface area contributed by atoms with E-state index in [1.807, 2.05) is 13.0 Å². The number of nitrogens with zero attached hydrogens (tertiary/aromatic N) is 2. The Kier molecular flexibility index (Phi) is 2.76. The molecule has 84 valence electrons. The molecule has 0 radical (unpaired) electrons. The Morgan fingerprint density at radius 2 is 1.88 bits per heavy atom. The van der Waals surface area contributed by atoms with Crippen LogP contribution in [0.4, 0.5) is 0 Å².